The molecule has 0 saturated heterocycles. The van der Waals surface area contributed by atoms with Gasteiger partial charge in [0.05, 0.1) is 5.69 Å². The first-order valence-electron chi connectivity index (χ1n) is 5.68. The molecule has 2 rings (SSSR count). The topological polar surface area (TPSA) is 72.2 Å². The molecule has 7 heteroatoms. The molecule has 0 heterocycles. The van der Waals surface area contributed by atoms with Gasteiger partial charge in [-0.1, -0.05) is 28.1 Å². The average Bonchev–Trinajstić information content (AvgIpc) is 2.40. The summed E-state index contributed by atoms with van der Waals surface area (Å²) in [5.41, 5.74) is 6.02. The highest BCUT2D eigenvalue weighted by Crippen LogP contribution is 2.19. The molecular formula is C13H12BrFN2O2S. The fourth-order valence-corrected chi connectivity index (χ4v) is 3.20. The lowest BCUT2D eigenvalue weighted by Gasteiger charge is -2.09. The Hall–Kier alpha value is -1.44. The first-order valence-corrected chi connectivity index (χ1v) is 7.96. The smallest absolute Gasteiger partial charge is 0.242 e. The number of rotatable bonds is 4. The number of nitrogens with two attached hydrogens (primary N) is 1. The highest BCUT2D eigenvalue weighted by molar-refractivity contribution is 9.10. The first kappa shape index (κ1) is 15.0. The van der Waals surface area contributed by atoms with Crippen molar-refractivity contribution < 1.29 is 12.8 Å². The van der Waals surface area contributed by atoms with E-state index in [1.54, 1.807) is 18.2 Å². The number of sulfonamides is 1. The van der Waals surface area contributed by atoms with Gasteiger partial charge in [-0.2, -0.15) is 0 Å². The van der Waals surface area contributed by atoms with Gasteiger partial charge in [-0.15, -0.1) is 0 Å². The van der Waals surface area contributed by atoms with Crippen molar-refractivity contribution in [3.63, 3.8) is 0 Å². The van der Waals surface area contributed by atoms with Crippen molar-refractivity contribution >= 4 is 31.6 Å². The van der Waals surface area contributed by atoms with Gasteiger partial charge in [-0.05, 0) is 30.3 Å². The summed E-state index contributed by atoms with van der Waals surface area (Å²) in [6.07, 6.45) is 0. The summed E-state index contributed by atoms with van der Waals surface area (Å²) in [6, 6.07) is 10.4. The number of halogens is 2. The van der Waals surface area contributed by atoms with Crippen LogP contribution in [0.5, 0.6) is 0 Å². The third-order valence-corrected chi connectivity index (χ3v) is 4.64. The van der Waals surface area contributed by atoms with Gasteiger partial charge in [-0.25, -0.2) is 17.5 Å². The summed E-state index contributed by atoms with van der Waals surface area (Å²) < 4.78 is 40.7. The number of benzene rings is 2. The number of para-hydroxylation sites is 1. The minimum absolute atomic E-state index is 0.0181. The number of nitrogen functional groups attached to an aromatic ring is 1. The summed E-state index contributed by atoms with van der Waals surface area (Å²) in [6.45, 7) is -0.151. The molecule has 3 N–H and O–H groups in total. The van der Waals surface area contributed by atoms with E-state index in [1.165, 1.54) is 24.3 Å². The maximum atomic E-state index is 13.5. The summed E-state index contributed by atoms with van der Waals surface area (Å²) in [5.74, 6) is -0.475. The van der Waals surface area contributed by atoms with Crippen LogP contribution in [0.1, 0.15) is 5.56 Å². The van der Waals surface area contributed by atoms with E-state index in [-0.39, 0.29) is 22.7 Å². The zero-order valence-electron chi connectivity index (χ0n) is 10.3. The van der Waals surface area contributed by atoms with E-state index in [4.69, 9.17) is 5.73 Å². The van der Waals surface area contributed by atoms with Crippen molar-refractivity contribution in [3.05, 3.63) is 58.3 Å². The maximum Gasteiger partial charge on any atom is 0.242 e. The van der Waals surface area contributed by atoms with Gasteiger partial charge in [0.2, 0.25) is 10.0 Å². The van der Waals surface area contributed by atoms with Crippen molar-refractivity contribution in [2.45, 2.75) is 11.4 Å². The van der Waals surface area contributed by atoms with Crippen LogP contribution in [0.2, 0.25) is 0 Å². The van der Waals surface area contributed by atoms with E-state index in [0.717, 1.165) is 0 Å². The Kier molecular flexibility index (Phi) is 4.42. The molecule has 0 atom stereocenters. The van der Waals surface area contributed by atoms with E-state index < -0.39 is 15.8 Å². The SMILES string of the molecule is Nc1ccccc1S(=O)(=O)NCc1cc(Br)ccc1F. The zero-order chi connectivity index (χ0) is 14.8. The molecule has 0 saturated carbocycles. The fourth-order valence-electron chi connectivity index (χ4n) is 1.65. The van der Waals surface area contributed by atoms with Gasteiger partial charge in [0.15, 0.2) is 0 Å². The van der Waals surface area contributed by atoms with Gasteiger partial charge in [0, 0.05) is 16.6 Å². The molecule has 4 nitrogen and oxygen atoms in total. The van der Waals surface area contributed by atoms with Crippen LogP contribution in [0.15, 0.2) is 51.8 Å². The predicted molar refractivity (Wildman–Crippen MR) is 79.0 cm³/mol. The largest absolute Gasteiger partial charge is 0.398 e. The zero-order valence-corrected chi connectivity index (χ0v) is 12.7. The number of hydrogen-bond donors (Lipinski definition) is 2. The van der Waals surface area contributed by atoms with Gasteiger partial charge in [0.25, 0.3) is 0 Å². The minimum atomic E-state index is -3.78. The predicted octanol–water partition coefficient (Wildman–Crippen LogP) is 2.65. The lowest BCUT2D eigenvalue weighted by Crippen LogP contribution is -2.24. The van der Waals surface area contributed by atoms with Crippen molar-refractivity contribution in [2.75, 3.05) is 5.73 Å². The third-order valence-electron chi connectivity index (χ3n) is 2.67. The van der Waals surface area contributed by atoms with Gasteiger partial charge in [-0.3, -0.25) is 0 Å². The highest BCUT2D eigenvalue weighted by Gasteiger charge is 2.17. The average molecular weight is 359 g/mol. The lowest BCUT2D eigenvalue weighted by molar-refractivity contribution is 0.574. The molecule has 0 spiro atoms. The van der Waals surface area contributed by atoms with Crippen LogP contribution in [-0.4, -0.2) is 8.42 Å². The van der Waals surface area contributed by atoms with Crippen LogP contribution >= 0.6 is 15.9 Å². The standard InChI is InChI=1S/C13H12BrFN2O2S/c14-10-5-6-11(15)9(7-10)8-17-20(18,19)13-4-2-1-3-12(13)16/h1-7,17H,8,16H2. The Bertz CT molecular complexity index is 735. The molecule has 0 aliphatic heterocycles. The summed E-state index contributed by atoms with van der Waals surface area (Å²) in [7, 11) is -3.78. The van der Waals surface area contributed by atoms with Crippen molar-refractivity contribution in [1.82, 2.24) is 4.72 Å². The van der Waals surface area contributed by atoms with Crippen LogP contribution in [-0.2, 0) is 16.6 Å². The number of anilines is 1. The second-order valence-corrected chi connectivity index (χ2v) is 6.75. The first-order chi connectivity index (χ1) is 9.40. The van der Waals surface area contributed by atoms with Crippen LogP contribution < -0.4 is 10.5 Å². The Morgan fingerprint density at radius 1 is 1.20 bits per heavy atom. The van der Waals surface area contributed by atoms with Crippen LogP contribution in [0, 0.1) is 5.82 Å². The maximum absolute atomic E-state index is 13.5. The molecule has 0 amide bonds. The molecule has 0 unspecified atom stereocenters. The molecular weight excluding hydrogens is 347 g/mol. The van der Waals surface area contributed by atoms with E-state index in [9.17, 15) is 12.8 Å². The Labute approximate surface area is 125 Å². The third kappa shape index (κ3) is 3.36. The molecule has 2 aromatic carbocycles. The Balaban J connectivity index is 2.22. The lowest BCUT2D eigenvalue weighted by atomic mass is 10.2. The Morgan fingerprint density at radius 2 is 1.90 bits per heavy atom. The Morgan fingerprint density at radius 3 is 2.60 bits per heavy atom. The van der Waals surface area contributed by atoms with Gasteiger partial charge >= 0.3 is 0 Å². The monoisotopic (exact) mass is 358 g/mol. The molecule has 0 aliphatic rings. The van der Waals surface area contributed by atoms with Crippen LogP contribution in [0.25, 0.3) is 0 Å². The molecule has 2 aromatic rings. The second kappa shape index (κ2) is 5.90. The summed E-state index contributed by atoms with van der Waals surface area (Å²) >= 11 is 3.21. The van der Waals surface area contributed by atoms with Crippen molar-refractivity contribution in [2.24, 2.45) is 0 Å². The van der Waals surface area contributed by atoms with Crippen LogP contribution in [0.3, 0.4) is 0 Å². The van der Waals surface area contributed by atoms with E-state index in [0.29, 0.717) is 4.47 Å². The minimum Gasteiger partial charge on any atom is -0.398 e. The summed E-state index contributed by atoms with van der Waals surface area (Å²) in [4.78, 5) is -0.0181. The van der Waals surface area contributed by atoms with Gasteiger partial charge < -0.3 is 5.73 Å². The molecule has 20 heavy (non-hydrogen) atoms. The van der Waals surface area contributed by atoms with Gasteiger partial charge in [0.1, 0.15) is 10.7 Å². The van der Waals surface area contributed by atoms with Crippen LogP contribution in [0.4, 0.5) is 10.1 Å². The van der Waals surface area contributed by atoms with E-state index in [2.05, 4.69) is 20.7 Å². The van der Waals surface area contributed by atoms with Crippen molar-refractivity contribution in [1.29, 1.82) is 0 Å². The fraction of sp³-hybridized carbons (Fsp3) is 0.0769. The van der Waals surface area contributed by atoms with E-state index in [1.807, 2.05) is 0 Å². The normalized spacial score (nSPS) is 11.5. The molecule has 0 radical (unpaired) electrons. The molecule has 0 fully saturated rings. The summed E-state index contributed by atoms with van der Waals surface area (Å²) in [5, 5.41) is 0. The highest BCUT2D eigenvalue weighted by atomic mass is 79.9. The molecule has 0 aliphatic carbocycles. The number of nitrogens with one attached hydrogen (secondary N) is 1. The van der Waals surface area contributed by atoms with Crippen molar-refractivity contribution in [3.8, 4) is 0 Å². The molecule has 106 valence electrons. The molecule has 0 aromatic heterocycles. The molecule has 0 bridgehead atoms. The second-order valence-electron chi connectivity index (χ2n) is 4.10. The quantitative estimate of drug-likeness (QED) is 0.825. The van der Waals surface area contributed by atoms with E-state index >= 15 is 0 Å². The number of hydrogen-bond acceptors (Lipinski definition) is 3.